The first-order valence-corrected chi connectivity index (χ1v) is 5.75. The van der Waals surface area contributed by atoms with Crippen LogP contribution in [0.2, 0.25) is 0 Å². The Kier molecular flexibility index (Phi) is 5.01. The van der Waals surface area contributed by atoms with Gasteiger partial charge in [0.15, 0.2) is 5.75 Å². The molecule has 1 amide bonds. The number of ether oxygens (including phenoxy) is 1. The molecule has 0 aliphatic rings. The third kappa shape index (κ3) is 3.67. The van der Waals surface area contributed by atoms with Crippen LogP contribution in [0, 0.1) is 10.1 Å². The minimum atomic E-state index is -1.17. The van der Waals surface area contributed by atoms with Gasteiger partial charge in [0.1, 0.15) is 6.54 Å². The molecule has 1 aromatic rings. The van der Waals surface area contributed by atoms with Crippen LogP contribution in [-0.4, -0.2) is 47.0 Å². The SMILES string of the molecule is CCOc1ccc(C(=O)N(C)CC(=O)O)cc1[N+](=O)[O-]. The minimum absolute atomic E-state index is 0.0314. The fraction of sp³-hybridized carbons (Fsp3) is 0.333. The van der Waals surface area contributed by atoms with E-state index in [9.17, 15) is 19.7 Å². The Morgan fingerprint density at radius 3 is 2.60 bits per heavy atom. The van der Waals surface area contributed by atoms with Crippen LogP contribution in [0.4, 0.5) is 5.69 Å². The fourth-order valence-corrected chi connectivity index (χ4v) is 1.57. The van der Waals surface area contributed by atoms with E-state index in [-0.39, 0.29) is 23.6 Å². The van der Waals surface area contributed by atoms with E-state index in [1.165, 1.54) is 19.2 Å². The lowest BCUT2D eigenvalue weighted by atomic mass is 10.1. The zero-order valence-corrected chi connectivity index (χ0v) is 11.0. The molecule has 0 spiro atoms. The molecule has 0 unspecified atom stereocenters. The highest BCUT2D eigenvalue weighted by Gasteiger charge is 2.21. The topological polar surface area (TPSA) is 110 Å². The Bertz CT molecular complexity index is 543. The first-order chi connectivity index (χ1) is 9.36. The van der Waals surface area contributed by atoms with E-state index in [0.29, 0.717) is 0 Å². The van der Waals surface area contributed by atoms with Crippen LogP contribution in [-0.2, 0) is 4.79 Å². The summed E-state index contributed by atoms with van der Waals surface area (Å²) in [4.78, 5) is 33.7. The first-order valence-electron chi connectivity index (χ1n) is 5.75. The van der Waals surface area contributed by atoms with Crippen molar-refractivity contribution in [2.45, 2.75) is 6.92 Å². The van der Waals surface area contributed by atoms with Gasteiger partial charge in [-0.15, -0.1) is 0 Å². The molecule has 0 aliphatic heterocycles. The summed E-state index contributed by atoms with van der Waals surface area (Å²) in [7, 11) is 1.30. The summed E-state index contributed by atoms with van der Waals surface area (Å²) >= 11 is 0. The monoisotopic (exact) mass is 282 g/mol. The zero-order valence-electron chi connectivity index (χ0n) is 11.0. The Balaban J connectivity index is 3.08. The number of nitro benzene ring substituents is 1. The van der Waals surface area contributed by atoms with Crippen molar-refractivity contribution in [1.82, 2.24) is 4.90 Å². The molecule has 20 heavy (non-hydrogen) atoms. The van der Waals surface area contributed by atoms with Gasteiger partial charge in [-0.05, 0) is 19.1 Å². The number of amides is 1. The lowest BCUT2D eigenvalue weighted by Crippen LogP contribution is -2.31. The minimum Gasteiger partial charge on any atom is -0.487 e. The predicted octanol–water partition coefficient (Wildman–Crippen LogP) is 1.15. The zero-order chi connectivity index (χ0) is 15.3. The number of hydrogen-bond donors (Lipinski definition) is 1. The van der Waals surface area contributed by atoms with Gasteiger partial charge >= 0.3 is 11.7 Å². The number of carbonyl (C=O) groups excluding carboxylic acids is 1. The number of carbonyl (C=O) groups is 2. The Morgan fingerprint density at radius 1 is 1.45 bits per heavy atom. The van der Waals surface area contributed by atoms with Crippen molar-refractivity contribution in [2.75, 3.05) is 20.2 Å². The largest absolute Gasteiger partial charge is 0.487 e. The summed E-state index contributed by atoms with van der Waals surface area (Å²) in [5.74, 6) is -1.71. The molecule has 0 radical (unpaired) electrons. The van der Waals surface area contributed by atoms with Crippen molar-refractivity contribution >= 4 is 17.6 Å². The molecule has 8 nitrogen and oxygen atoms in total. The van der Waals surface area contributed by atoms with Crippen molar-refractivity contribution in [1.29, 1.82) is 0 Å². The number of carboxylic acid groups (broad SMARTS) is 1. The average Bonchev–Trinajstić information content (AvgIpc) is 2.37. The third-order valence-electron chi connectivity index (χ3n) is 2.42. The van der Waals surface area contributed by atoms with Crippen LogP contribution in [0.25, 0.3) is 0 Å². The molecule has 0 heterocycles. The van der Waals surface area contributed by atoms with Gasteiger partial charge in [0, 0.05) is 18.7 Å². The van der Waals surface area contributed by atoms with E-state index in [1.807, 2.05) is 0 Å². The highest BCUT2D eigenvalue weighted by Crippen LogP contribution is 2.28. The van der Waals surface area contributed by atoms with Crippen molar-refractivity contribution in [3.05, 3.63) is 33.9 Å². The number of carboxylic acids is 1. The Morgan fingerprint density at radius 2 is 2.10 bits per heavy atom. The maximum atomic E-state index is 11.9. The summed E-state index contributed by atoms with van der Waals surface area (Å²) in [6.07, 6.45) is 0. The Labute approximate surface area is 114 Å². The summed E-state index contributed by atoms with van der Waals surface area (Å²) in [5, 5.41) is 19.5. The third-order valence-corrected chi connectivity index (χ3v) is 2.42. The molecule has 1 N–H and O–H groups in total. The second-order valence-electron chi connectivity index (χ2n) is 3.93. The smallest absolute Gasteiger partial charge is 0.323 e. The predicted molar refractivity (Wildman–Crippen MR) is 68.9 cm³/mol. The van der Waals surface area contributed by atoms with Gasteiger partial charge in [0.25, 0.3) is 5.91 Å². The molecule has 1 aromatic carbocycles. The molecule has 0 saturated carbocycles. The molecular weight excluding hydrogens is 268 g/mol. The van der Waals surface area contributed by atoms with Crippen LogP contribution in [0.5, 0.6) is 5.75 Å². The van der Waals surface area contributed by atoms with Crippen molar-refractivity contribution < 1.29 is 24.4 Å². The molecule has 0 aliphatic carbocycles. The van der Waals surface area contributed by atoms with Gasteiger partial charge in [-0.1, -0.05) is 0 Å². The molecule has 0 bridgehead atoms. The highest BCUT2D eigenvalue weighted by atomic mass is 16.6. The molecular formula is C12H14N2O6. The van der Waals surface area contributed by atoms with Crippen LogP contribution in [0.1, 0.15) is 17.3 Å². The number of aliphatic carboxylic acids is 1. The van der Waals surface area contributed by atoms with Gasteiger partial charge in [-0.25, -0.2) is 0 Å². The molecule has 1 rings (SSSR count). The van der Waals surface area contributed by atoms with Gasteiger partial charge in [-0.2, -0.15) is 0 Å². The Hall–Kier alpha value is -2.64. The van der Waals surface area contributed by atoms with Crippen LogP contribution < -0.4 is 4.74 Å². The number of nitro groups is 1. The van der Waals surface area contributed by atoms with Gasteiger partial charge < -0.3 is 14.7 Å². The van der Waals surface area contributed by atoms with E-state index in [0.717, 1.165) is 11.0 Å². The highest BCUT2D eigenvalue weighted by molar-refractivity contribution is 5.96. The van der Waals surface area contributed by atoms with Crippen molar-refractivity contribution in [3.8, 4) is 5.75 Å². The van der Waals surface area contributed by atoms with Crippen LogP contribution in [0.15, 0.2) is 18.2 Å². The first kappa shape index (κ1) is 15.4. The van der Waals surface area contributed by atoms with Gasteiger partial charge in [0.2, 0.25) is 0 Å². The van der Waals surface area contributed by atoms with Crippen LogP contribution in [0.3, 0.4) is 0 Å². The molecule has 0 atom stereocenters. The molecule has 0 saturated heterocycles. The normalized spacial score (nSPS) is 9.90. The fourth-order valence-electron chi connectivity index (χ4n) is 1.57. The molecule has 8 heteroatoms. The standard InChI is InChI=1S/C12H14N2O6/c1-3-20-10-5-4-8(6-9(10)14(18)19)12(17)13(2)7-11(15)16/h4-6H,3,7H2,1-2H3,(H,15,16). The van der Waals surface area contributed by atoms with Crippen molar-refractivity contribution in [3.63, 3.8) is 0 Å². The molecule has 108 valence electrons. The average molecular weight is 282 g/mol. The summed E-state index contributed by atoms with van der Waals surface area (Å²) in [6, 6.07) is 3.76. The quantitative estimate of drug-likeness (QED) is 0.619. The second-order valence-corrected chi connectivity index (χ2v) is 3.93. The van der Waals surface area contributed by atoms with E-state index in [2.05, 4.69) is 0 Å². The van der Waals surface area contributed by atoms with E-state index >= 15 is 0 Å². The second kappa shape index (κ2) is 6.50. The number of likely N-dealkylation sites (N-methyl/N-ethyl adjacent to an activating group) is 1. The molecule has 0 fully saturated rings. The summed E-state index contributed by atoms with van der Waals surface area (Å²) in [5.41, 5.74) is -0.301. The van der Waals surface area contributed by atoms with Gasteiger partial charge in [0.05, 0.1) is 11.5 Å². The maximum Gasteiger partial charge on any atom is 0.323 e. The lowest BCUT2D eigenvalue weighted by molar-refractivity contribution is -0.385. The summed E-state index contributed by atoms with van der Waals surface area (Å²) in [6.45, 7) is 1.45. The maximum absolute atomic E-state index is 11.9. The number of hydrogen-bond acceptors (Lipinski definition) is 5. The number of benzene rings is 1. The van der Waals surface area contributed by atoms with E-state index in [4.69, 9.17) is 9.84 Å². The summed E-state index contributed by atoms with van der Waals surface area (Å²) < 4.78 is 5.10. The van der Waals surface area contributed by atoms with E-state index < -0.39 is 23.3 Å². The van der Waals surface area contributed by atoms with Gasteiger partial charge in [-0.3, -0.25) is 19.7 Å². The molecule has 0 aromatic heterocycles. The van der Waals surface area contributed by atoms with Crippen LogP contribution >= 0.6 is 0 Å². The number of nitrogens with zero attached hydrogens (tertiary/aromatic N) is 2. The van der Waals surface area contributed by atoms with E-state index in [1.54, 1.807) is 6.92 Å². The number of rotatable bonds is 6. The lowest BCUT2D eigenvalue weighted by Gasteiger charge is -2.14. The van der Waals surface area contributed by atoms with Crippen molar-refractivity contribution in [2.24, 2.45) is 0 Å².